The number of hydrogen-bond acceptors (Lipinski definition) is 9. The zero-order valence-corrected chi connectivity index (χ0v) is 24.6. The Kier molecular flexibility index (Phi) is 14.2. The number of pyridine rings is 1. The quantitative estimate of drug-likeness (QED) is 0.175. The maximum absolute atomic E-state index is 12.6. The van der Waals surface area contributed by atoms with E-state index in [0.717, 1.165) is 43.2 Å². The number of rotatable bonds is 12. The van der Waals surface area contributed by atoms with E-state index in [0.29, 0.717) is 17.7 Å². The molecule has 0 spiro atoms. The number of carbonyl (C=O) groups is 2. The van der Waals surface area contributed by atoms with Gasteiger partial charge in [0.15, 0.2) is 6.20 Å². The Balaban J connectivity index is 0.00000112. The second kappa shape index (κ2) is 16.8. The van der Waals surface area contributed by atoms with Crippen molar-refractivity contribution in [2.45, 2.75) is 82.8 Å². The summed E-state index contributed by atoms with van der Waals surface area (Å²) in [5, 5.41) is 12.1. The van der Waals surface area contributed by atoms with E-state index in [4.69, 9.17) is 9.15 Å². The van der Waals surface area contributed by atoms with Gasteiger partial charge in [-0.2, -0.15) is 4.57 Å². The van der Waals surface area contributed by atoms with Gasteiger partial charge in [0.1, 0.15) is 0 Å². The van der Waals surface area contributed by atoms with Crippen LogP contribution in [0.4, 0.5) is 0 Å². The van der Waals surface area contributed by atoms with Crippen LogP contribution < -0.4 is 9.88 Å². The third kappa shape index (κ3) is 11.5. The maximum Gasteiger partial charge on any atom is 0.286 e. The molecular formula is C26H42N5O4S2+. The van der Waals surface area contributed by atoms with Gasteiger partial charge >= 0.3 is 0 Å². The van der Waals surface area contributed by atoms with Crippen LogP contribution >= 0.6 is 23.7 Å². The van der Waals surface area contributed by atoms with Gasteiger partial charge in [0.25, 0.3) is 22.9 Å². The number of ether oxygens (including phenoxy) is 1. The van der Waals surface area contributed by atoms with Gasteiger partial charge in [-0.25, -0.2) is 4.31 Å². The third-order valence-electron chi connectivity index (χ3n) is 5.39. The standard InChI is InChI=1S/C22H31N5O4S2.C4H10/c1-16(23-20(29)17-9-5-4-6-10-17)19(28)21-24-25-22(31-21)32-14-13-26(2)33-18-11-7-8-12-27(18)15-30-3;1-4(2)3/h7-8,11-12,16-17H,4-6,9-10,13-15H2,1-3H3;4H,1-3H3/p+1/t16-;/m0./s1. The van der Waals surface area contributed by atoms with E-state index >= 15 is 0 Å². The first-order chi connectivity index (χ1) is 17.7. The van der Waals surface area contributed by atoms with Gasteiger partial charge in [-0.3, -0.25) is 9.59 Å². The molecule has 2 aromatic rings. The number of amides is 1. The van der Waals surface area contributed by atoms with Crippen LogP contribution in [0.1, 0.15) is 70.5 Å². The second-order valence-electron chi connectivity index (χ2n) is 9.75. The van der Waals surface area contributed by atoms with Gasteiger partial charge in [0, 0.05) is 49.4 Å². The molecule has 3 rings (SSSR count). The predicted molar refractivity (Wildman–Crippen MR) is 146 cm³/mol. The van der Waals surface area contributed by atoms with Crippen molar-refractivity contribution in [1.82, 2.24) is 19.8 Å². The molecule has 0 unspecified atom stereocenters. The number of Topliss-reactive ketones (excluding diaryl/α,β-unsaturated/α-hetero) is 1. The van der Waals surface area contributed by atoms with E-state index < -0.39 is 6.04 Å². The zero-order valence-electron chi connectivity index (χ0n) is 22.9. The van der Waals surface area contributed by atoms with Gasteiger partial charge in [-0.05, 0) is 38.8 Å². The van der Waals surface area contributed by atoms with Crippen LogP contribution in [0.15, 0.2) is 39.1 Å². The molecule has 0 aromatic carbocycles. The molecule has 11 heteroatoms. The second-order valence-corrected chi connectivity index (χ2v) is 12.0. The summed E-state index contributed by atoms with van der Waals surface area (Å²) in [5.74, 6) is 1.05. The highest BCUT2D eigenvalue weighted by molar-refractivity contribution is 7.99. The Bertz CT molecular complexity index is 963. The van der Waals surface area contributed by atoms with Crippen molar-refractivity contribution in [2.24, 2.45) is 11.8 Å². The van der Waals surface area contributed by atoms with E-state index in [1.165, 1.54) is 18.2 Å². The van der Waals surface area contributed by atoms with Gasteiger partial charge in [-0.1, -0.05) is 51.8 Å². The van der Waals surface area contributed by atoms with Gasteiger partial charge in [-0.15, -0.1) is 10.2 Å². The molecule has 1 fully saturated rings. The Labute approximate surface area is 229 Å². The highest BCUT2D eigenvalue weighted by Gasteiger charge is 2.27. The van der Waals surface area contributed by atoms with E-state index in [9.17, 15) is 9.59 Å². The lowest BCUT2D eigenvalue weighted by Crippen LogP contribution is -2.42. The predicted octanol–water partition coefficient (Wildman–Crippen LogP) is 4.62. The fourth-order valence-electron chi connectivity index (χ4n) is 3.57. The molecule has 0 bridgehead atoms. The normalized spacial score (nSPS) is 14.8. The van der Waals surface area contributed by atoms with Crippen molar-refractivity contribution in [1.29, 1.82) is 0 Å². The number of hydrogen-bond donors (Lipinski definition) is 1. The average molecular weight is 553 g/mol. The lowest BCUT2D eigenvalue weighted by molar-refractivity contribution is -0.764. The minimum atomic E-state index is -0.690. The lowest BCUT2D eigenvalue weighted by Gasteiger charge is -2.22. The molecule has 0 radical (unpaired) electrons. The molecule has 0 saturated heterocycles. The van der Waals surface area contributed by atoms with Crippen LogP contribution in [0, 0.1) is 11.8 Å². The molecule has 1 saturated carbocycles. The summed E-state index contributed by atoms with van der Waals surface area (Å²) in [5.41, 5.74) is 0. The summed E-state index contributed by atoms with van der Waals surface area (Å²) in [4.78, 5) is 25.0. The molecule has 1 atom stereocenters. The van der Waals surface area contributed by atoms with E-state index in [-0.39, 0.29) is 23.5 Å². The SMILES string of the molecule is CC(C)C.COC[n+]1ccccc1SN(C)CCSc1nnc(C(=O)[C@H](C)NC(=O)C2CCCCC2)o1. The first-order valence-electron chi connectivity index (χ1n) is 12.9. The Morgan fingerprint density at radius 3 is 2.57 bits per heavy atom. The summed E-state index contributed by atoms with van der Waals surface area (Å²) in [6, 6.07) is 5.31. The fourth-order valence-corrected chi connectivity index (χ4v) is 5.32. The van der Waals surface area contributed by atoms with Crippen molar-refractivity contribution in [3.8, 4) is 0 Å². The average Bonchev–Trinajstić information content (AvgIpc) is 3.34. The van der Waals surface area contributed by atoms with Crippen molar-refractivity contribution < 1.29 is 23.3 Å². The molecule has 0 aliphatic heterocycles. The molecule has 206 valence electrons. The highest BCUT2D eigenvalue weighted by Crippen LogP contribution is 2.24. The molecule has 1 aliphatic carbocycles. The monoisotopic (exact) mass is 552 g/mol. The Morgan fingerprint density at radius 1 is 1.19 bits per heavy atom. The van der Waals surface area contributed by atoms with Crippen LogP contribution in [0.25, 0.3) is 0 Å². The van der Waals surface area contributed by atoms with Crippen molar-refractivity contribution in [2.75, 3.05) is 26.5 Å². The molecular weight excluding hydrogens is 510 g/mol. The molecule has 9 nitrogen and oxygen atoms in total. The Morgan fingerprint density at radius 2 is 1.89 bits per heavy atom. The van der Waals surface area contributed by atoms with Crippen LogP contribution in [-0.2, 0) is 16.3 Å². The van der Waals surface area contributed by atoms with Crippen molar-refractivity contribution in [3.05, 3.63) is 30.3 Å². The molecule has 1 amide bonds. The summed E-state index contributed by atoms with van der Waals surface area (Å²) < 4.78 is 14.9. The van der Waals surface area contributed by atoms with E-state index in [2.05, 4.69) is 40.6 Å². The molecule has 1 N–H and O–H groups in total. The molecule has 2 aromatic heterocycles. The topological polar surface area (TPSA) is 101 Å². The largest absolute Gasteiger partial charge is 0.408 e. The highest BCUT2D eigenvalue weighted by atomic mass is 32.2. The maximum atomic E-state index is 12.6. The van der Waals surface area contributed by atoms with Gasteiger partial charge < -0.3 is 14.5 Å². The number of carbonyl (C=O) groups excluding carboxylic acids is 2. The number of aromatic nitrogens is 3. The lowest BCUT2D eigenvalue weighted by atomic mass is 9.88. The number of methoxy groups -OCH3 is 1. The van der Waals surface area contributed by atoms with Crippen LogP contribution in [0.3, 0.4) is 0 Å². The molecule has 2 heterocycles. The summed E-state index contributed by atoms with van der Waals surface area (Å²) in [7, 11) is 3.68. The van der Waals surface area contributed by atoms with Crippen LogP contribution in [0.2, 0.25) is 0 Å². The van der Waals surface area contributed by atoms with Crippen molar-refractivity contribution in [3.63, 3.8) is 0 Å². The number of ketones is 1. The Hall–Kier alpha value is -1.95. The van der Waals surface area contributed by atoms with Crippen LogP contribution in [-0.4, -0.2) is 58.7 Å². The molecule has 1 aliphatic rings. The minimum Gasteiger partial charge on any atom is -0.408 e. The number of thioether (sulfide) groups is 1. The van der Waals surface area contributed by atoms with E-state index in [1.54, 1.807) is 26.0 Å². The minimum absolute atomic E-state index is 0.00229. The number of nitrogens with one attached hydrogen (secondary N) is 1. The first-order valence-corrected chi connectivity index (χ1v) is 14.6. The van der Waals surface area contributed by atoms with Crippen LogP contribution in [0.5, 0.6) is 0 Å². The number of nitrogens with zero attached hydrogens (tertiary/aromatic N) is 4. The van der Waals surface area contributed by atoms with Crippen molar-refractivity contribution >= 4 is 35.4 Å². The third-order valence-corrected chi connectivity index (χ3v) is 7.24. The summed E-state index contributed by atoms with van der Waals surface area (Å²) in [6.07, 6.45) is 7.06. The summed E-state index contributed by atoms with van der Waals surface area (Å²) in [6.45, 7) is 9.41. The van der Waals surface area contributed by atoms with E-state index in [1.807, 2.05) is 36.0 Å². The van der Waals surface area contributed by atoms with Gasteiger partial charge in [0.2, 0.25) is 11.7 Å². The fraction of sp³-hybridized carbons (Fsp3) is 0.654. The summed E-state index contributed by atoms with van der Waals surface area (Å²) >= 11 is 3.01. The first kappa shape index (κ1) is 31.3. The van der Waals surface area contributed by atoms with Gasteiger partial charge in [0.05, 0.1) is 6.04 Å². The molecule has 37 heavy (non-hydrogen) atoms. The smallest absolute Gasteiger partial charge is 0.286 e. The zero-order chi connectivity index (χ0) is 27.2.